The first-order chi connectivity index (χ1) is 9.11. The van der Waals surface area contributed by atoms with Crippen LogP contribution in [0, 0.1) is 13.8 Å². The summed E-state index contributed by atoms with van der Waals surface area (Å²) >= 11 is 3.62. The molecule has 102 valence electrons. The highest BCUT2D eigenvalue weighted by atomic mass is 79.9. The van der Waals surface area contributed by atoms with Crippen molar-refractivity contribution in [2.45, 2.75) is 40.3 Å². The van der Waals surface area contributed by atoms with Gasteiger partial charge in [0.25, 0.3) is 0 Å². The van der Waals surface area contributed by atoms with Gasteiger partial charge >= 0.3 is 0 Å². The lowest BCUT2D eigenvalue weighted by Gasteiger charge is -2.13. The normalized spacial score (nSPS) is 10.7. The van der Waals surface area contributed by atoms with Crippen LogP contribution in [0.3, 0.4) is 0 Å². The number of imidazole rings is 1. The summed E-state index contributed by atoms with van der Waals surface area (Å²) in [5, 5.41) is 3.48. The molecule has 0 aliphatic heterocycles. The highest BCUT2D eigenvalue weighted by molar-refractivity contribution is 9.10. The smallest absolute Gasteiger partial charge is 0.128 e. The first kappa shape index (κ1) is 14.1. The monoisotopic (exact) mass is 321 g/mol. The summed E-state index contributed by atoms with van der Waals surface area (Å²) in [5.41, 5.74) is 3.67. The first-order valence-corrected chi connectivity index (χ1v) is 7.41. The molecule has 0 saturated carbocycles. The van der Waals surface area contributed by atoms with Crippen molar-refractivity contribution < 1.29 is 0 Å². The Morgan fingerprint density at radius 2 is 2.11 bits per heavy atom. The number of nitrogens with one attached hydrogen (secondary N) is 1. The molecule has 4 heteroatoms. The number of nitrogens with zero attached hydrogens (tertiary/aromatic N) is 2. The summed E-state index contributed by atoms with van der Waals surface area (Å²) in [4.78, 5) is 4.41. The zero-order valence-corrected chi connectivity index (χ0v) is 13.3. The van der Waals surface area contributed by atoms with Crippen molar-refractivity contribution in [3.05, 3.63) is 46.0 Å². The van der Waals surface area contributed by atoms with Crippen molar-refractivity contribution in [3.63, 3.8) is 0 Å². The van der Waals surface area contributed by atoms with Crippen molar-refractivity contribution >= 4 is 21.6 Å². The second kappa shape index (κ2) is 6.24. The van der Waals surface area contributed by atoms with Crippen LogP contribution < -0.4 is 5.32 Å². The number of halogens is 1. The summed E-state index contributed by atoms with van der Waals surface area (Å²) in [6.07, 6.45) is 5.03. The van der Waals surface area contributed by atoms with Gasteiger partial charge in [0.1, 0.15) is 5.82 Å². The largest absolute Gasteiger partial charge is 0.377 e. The molecule has 0 atom stereocenters. The van der Waals surface area contributed by atoms with E-state index in [4.69, 9.17) is 0 Å². The zero-order chi connectivity index (χ0) is 13.8. The molecular weight excluding hydrogens is 302 g/mol. The Morgan fingerprint density at radius 3 is 2.79 bits per heavy atom. The van der Waals surface area contributed by atoms with Crippen molar-refractivity contribution in [1.29, 1.82) is 0 Å². The van der Waals surface area contributed by atoms with Gasteiger partial charge in [-0.05, 0) is 53.4 Å². The first-order valence-electron chi connectivity index (χ1n) is 6.62. The summed E-state index contributed by atoms with van der Waals surface area (Å²) in [6, 6.07) is 4.32. The molecule has 0 bridgehead atoms. The molecule has 1 N–H and O–H groups in total. The van der Waals surface area contributed by atoms with E-state index in [-0.39, 0.29) is 0 Å². The molecule has 2 aromatic rings. The summed E-state index contributed by atoms with van der Waals surface area (Å²) in [5.74, 6) is 1.08. The van der Waals surface area contributed by atoms with E-state index in [0.29, 0.717) is 0 Å². The van der Waals surface area contributed by atoms with Crippen molar-refractivity contribution in [3.8, 4) is 0 Å². The van der Waals surface area contributed by atoms with E-state index in [1.165, 1.54) is 11.1 Å². The van der Waals surface area contributed by atoms with E-state index in [0.717, 1.165) is 35.5 Å². The number of aryl methyl sites for hydroxylation is 3. The lowest BCUT2D eigenvalue weighted by Crippen LogP contribution is -2.09. The van der Waals surface area contributed by atoms with Crippen LogP contribution in [0.1, 0.15) is 30.3 Å². The third-order valence-electron chi connectivity index (χ3n) is 3.12. The molecule has 0 unspecified atom stereocenters. The number of anilines is 1. The van der Waals surface area contributed by atoms with Crippen LogP contribution in [0.2, 0.25) is 0 Å². The van der Waals surface area contributed by atoms with E-state index in [1.54, 1.807) is 0 Å². The number of benzene rings is 1. The fraction of sp³-hybridized carbons (Fsp3) is 0.400. The minimum absolute atomic E-state index is 0.746. The van der Waals surface area contributed by atoms with E-state index in [2.05, 4.69) is 63.7 Å². The van der Waals surface area contributed by atoms with Gasteiger partial charge in [-0.15, -0.1) is 0 Å². The van der Waals surface area contributed by atoms with Crippen LogP contribution in [0.15, 0.2) is 29.0 Å². The number of hydrogen-bond acceptors (Lipinski definition) is 2. The molecule has 0 spiro atoms. The van der Waals surface area contributed by atoms with Crippen LogP contribution >= 0.6 is 15.9 Å². The Kier molecular flexibility index (Phi) is 4.64. The molecule has 0 saturated heterocycles. The molecule has 0 radical (unpaired) electrons. The molecule has 3 nitrogen and oxygen atoms in total. The zero-order valence-electron chi connectivity index (χ0n) is 11.7. The van der Waals surface area contributed by atoms with Crippen molar-refractivity contribution in [1.82, 2.24) is 9.55 Å². The molecule has 1 aromatic carbocycles. The molecule has 0 aliphatic rings. The summed E-state index contributed by atoms with van der Waals surface area (Å²) in [6.45, 7) is 8.17. The van der Waals surface area contributed by atoms with E-state index >= 15 is 0 Å². The molecule has 1 heterocycles. The van der Waals surface area contributed by atoms with E-state index < -0.39 is 0 Å². The Bertz CT molecular complexity index is 537. The highest BCUT2D eigenvalue weighted by Crippen LogP contribution is 2.28. The molecule has 2 rings (SSSR count). The molecule has 0 amide bonds. The van der Waals surface area contributed by atoms with Gasteiger partial charge < -0.3 is 9.88 Å². The van der Waals surface area contributed by atoms with Gasteiger partial charge in [0.2, 0.25) is 0 Å². The summed E-state index contributed by atoms with van der Waals surface area (Å²) < 4.78 is 3.31. The van der Waals surface area contributed by atoms with Crippen LogP contribution in [0.25, 0.3) is 0 Å². The van der Waals surface area contributed by atoms with Gasteiger partial charge in [-0.1, -0.05) is 13.0 Å². The Morgan fingerprint density at radius 1 is 1.32 bits per heavy atom. The SMILES string of the molecule is CCCn1ccnc1CNc1c(C)cc(C)cc1Br. The van der Waals surface area contributed by atoms with Crippen LogP contribution in [0.4, 0.5) is 5.69 Å². The fourth-order valence-corrected chi connectivity index (χ4v) is 3.07. The van der Waals surface area contributed by atoms with E-state index in [9.17, 15) is 0 Å². The molecule has 1 aromatic heterocycles. The highest BCUT2D eigenvalue weighted by Gasteiger charge is 2.07. The lowest BCUT2D eigenvalue weighted by molar-refractivity contribution is 0.644. The van der Waals surface area contributed by atoms with Gasteiger partial charge in [-0.3, -0.25) is 0 Å². The van der Waals surface area contributed by atoms with Gasteiger partial charge in [0.05, 0.1) is 12.2 Å². The number of aromatic nitrogens is 2. The minimum Gasteiger partial charge on any atom is -0.377 e. The second-order valence-electron chi connectivity index (χ2n) is 4.83. The van der Waals surface area contributed by atoms with Gasteiger partial charge in [-0.2, -0.15) is 0 Å². The topological polar surface area (TPSA) is 29.9 Å². The maximum absolute atomic E-state index is 4.41. The Labute approximate surface area is 123 Å². The predicted molar refractivity (Wildman–Crippen MR) is 83.5 cm³/mol. The van der Waals surface area contributed by atoms with E-state index in [1.807, 2.05) is 12.4 Å². The summed E-state index contributed by atoms with van der Waals surface area (Å²) in [7, 11) is 0. The van der Waals surface area contributed by atoms with Gasteiger partial charge in [0.15, 0.2) is 0 Å². The van der Waals surface area contributed by atoms with Crippen LogP contribution in [0.5, 0.6) is 0 Å². The molecule has 0 aliphatic carbocycles. The third kappa shape index (κ3) is 3.38. The molecule has 19 heavy (non-hydrogen) atoms. The Hall–Kier alpha value is -1.29. The number of hydrogen-bond donors (Lipinski definition) is 1. The lowest BCUT2D eigenvalue weighted by atomic mass is 10.1. The molecular formula is C15H20BrN3. The van der Waals surface area contributed by atoms with Gasteiger partial charge in [0, 0.05) is 23.4 Å². The van der Waals surface area contributed by atoms with Gasteiger partial charge in [-0.25, -0.2) is 4.98 Å². The molecule has 0 fully saturated rings. The van der Waals surface area contributed by atoms with Crippen LogP contribution in [-0.2, 0) is 13.1 Å². The maximum atomic E-state index is 4.41. The van der Waals surface area contributed by atoms with Crippen molar-refractivity contribution in [2.24, 2.45) is 0 Å². The second-order valence-corrected chi connectivity index (χ2v) is 5.68. The third-order valence-corrected chi connectivity index (χ3v) is 3.75. The predicted octanol–water partition coefficient (Wildman–Crippen LogP) is 4.28. The van der Waals surface area contributed by atoms with Crippen molar-refractivity contribution in [2.75, 3.05) is 5.32 Å². The average Bonchev–Trinajstić information content (AvgIpc) is 2.76. The Balaban J connectivity index is 2.12. The average molecular weight is 322 g/mol. The quantitative estimate of drug-likeness (QED) is 0.890. The maximum Gasteiger partial charge on any atom is 0.128 e. The number of rotatable bonds is 5. The van der Waals surface area contributed by atoms with Crippen LogP contribution in [-0.4, -0.2) is 9.55 Å². The minimum atomic E-state index is 0.746. The standard InChI is InChI=1S/C15H20BrN3/c1-4-6-19-7-5-17-14(19)10-18-15-12(3)8-11(2)9-13(15)16/h5,7-9,18H,4,6,10H2,1-3H3. The fourth-order valence-electron chi connectivity index (χ4n) is 2.26.